The van der Waals surface area contributed by atoms with E-state index in [0.29, 0.717) is 25.1 Å². The number of hydrogen-bond acceptors (Lipinski definition) is 4. The van der Waals surface area contributed by atoms with Crippen LogP contribution in [0.25, 0.3) is 0 Å². The van der Waals surface area contributed by atoms with Gasteiger partial charge in [0.15, 0.2) is 0 Å². The van der Waals surface area contributed by atoms with Gasteiger partial charge < -0.3 is 15.0 Å². The zero-order valence-electron chi connectivity index (χ0n) is 20.0. The molecule has 2 amide bonds. The molecule has 0 saturated heterocycles. The monoisotopic (exact) mass is 468 g/mol. The standard InChI is InChI=1S/C27H36N2O3S/c1-4-25(27(31)28-22-7-5-6-8-22)29(19-21-11-13-23(32-3)14-12-21)26(30)17-18-33-24-15-9-20(2)10-16-24/h9-16,22,25H,4-8,17-19H2,1-3H3,(H,28,31)/t25-/m0/s1. The number of ether oxygens (including phenoxy) is 1. The minimum absolute atomic E-state index is 0.0128. The molecule has 1 fully saturated rings. The van der Waals surface area contributed by atoms with Crippen LogP contribution >= 0.6 is 11.8 Å². The Bertz CT molecular complexity index is 893. The van der Waals surface area contributed by atoms with Crippen LogP contribution in [-0.4, -0.2) is 41.7 Å². The predicted octanol–water partition coefficient (Wildman–Crippen LogP) is 5.35. The average molecular weight is 469 g/mol. The van der Waals surface area contributed by atoms with Crippen molar-refractivity contribution < 1.29 is 14.3 Å². The van der Waals surface area contributed by atoms with E-state index in [1.807, 2.05) is 31.2 Å². The molecule has 0 aliphatic heterocycles. The molecule has 6 heteroatoms. The third kappa shape index (κ3) is 7.53. The summed E-state index contributed by atoms with van der Waals surface area (Å²) in [6.45, 7) is 4.46. The third-order valence-corrected chi connectivity index (χ3v) is 7.22. The van der Waals surface area contributed by atoms with E-state index in [9.17, 15) is 9.59 Å². The quantitative estimate of drug-likeness (QED) is 0.452. The zero-order valence-corrected chi connectivity index (χ0v) is 20.8. The molecule has 0 aromatic heterocycles. The Morgan fingerprint density at radius 3 is 2.36 bits per heavy atom. The lowest BCUT2D eigenvalue weighted by atomic mass is 10.1. The van der Waals surface area contributed by atoms with Gasteiger partial charge in [-0.2, -0.15) is 0 Å². The van der Waals surface area contributed by atoms with E-state index in [-0.39, 0.29) is 17.9 Å². The number of methoxy groups -OCH3 is 1. The van der Waals surface area contributed by atoms with Crippen LogP contribution in [0.4, 0.5) is 0 Å². The van der Waals surface area contributed by atoms with Gasteiger partial charge in [-0.3, -0.25) is 9.59 Å². The maximum Gasteiger partial charge on any atom is 0.243 e. The van der Waals surface area contributed by atoms with Crippen molar-refractivity contribution in [1.82, 2.24) is 10.2 Å². The Labute approximate surface area is 202 Å². The number of carbonyl (C=O) groups is 2. The van der Waals surface area contributed by atoms with Gasteiger partial charge in [-0.15, -0.1) is 11.8 Å². The highest BCUT2D eigenvalue weighted by Gasteiger charge is 2.30. The normalized spacial score (nSPS) is 14.6. The van der Waals surface area contributed by atoms with Gasteiger partial charge in [0.2, 0.25) is 11.8 Å². The molecule has 1 saturated carbocycles. The molecule has 0 radical (unpaired) electrons. The second-order valence-electron chi connectivity index (χ2n) is 8.70. The zero-order chi connectivity index (χ0) is 23.6. The Kier molecular flexibility index (Phi) is 9.67. The highest BCUT2D eigenvalue weighted by atomic mass is 32.2. The fourth-order valence-electron chi connectivity index (χ4n) is 4.25. The summed E-state index contributed by atoms with van der Waals surface area (Å²) in [5, 5.41) is 3.20. The van der Waals surface area contributed by atoms with E-state index in [0.717, 1.165) is 41.9 Å². The number of nitrogens with one attached hydrogen (secondary N) is 1. The van der Waals surface area contributed by atoms with Crippen LogP contribution in [-0.2, 0) is 16.1 Å². The summed E-state index contributed by atoms with van der Waals surface area (Å²) in [4.78, 5) is 29.4. The number of benzene rings is 2. The predicted molar refractivity (Wildman–Crippen MR) is 135 cm³/mol. The van der Waals surface area contributed by atoms with Crippen molar-refractivity contribution in [2.45, 2.75) is 75.9 Å². The second-order valence-corrected chi connectivity index (χ2v) is 9.86. The molecule has 33 heavy (non-hydrogen) atoms. The largest absolute Gasteiger partial charge is 0.497 e. The summed E-state index contributed by atoms with van der Waals surface area (Å²) in [5.41, 5.74) is 2.21. The van der Waals surface area contributed by atoms with Gasteiger partial charge in [-0.05, 0) is 56.0 Å². The Morgan fingerprint density at radius 2 is 1.76 bits per heavy atom. The molecule has 2 aromatic carbocycles. The van der Waals surface area contributed by atoms with Gasteiger partial charge in [0.05, 0.1) is 7.11 Å². The van der Waals surface area contributed by atoms with E-state index >= 15 is 0 Å². The number of aryl methyl sites for hydroxylation is 1. The summed E-state index contributed by atoms with van der Waals surface area (Å²) in [5.74, 6) is 1.44. The Hall–Kier alpha value is -2.47. The van der Waals surface area contributed by atoms with Crippen molar-refractivity contribution in [1.29, 1.82) is 0 Å². The first-order valence-corrected chi connectivity index (χ1v) is 12.9. The van der Waals surface area contributed by atoms with Gasteiger partial charge >= 0.3 is 0 Å². The number of hydrogen-bond donors (Lipinski definition) is 1. The highest BCUT2D eigenvalue weighted by molar-refractivity contribution is 7.99. The van der Waals surface area contributed by atoms with Crippen LogP contribution in [0, 0.1) is 6.92 Å². The number of amides is 2. The van der Waals surface area contributed by atoms with E-state index in [2.05, 4.69) is 36.5 Å². The fraction of sp³-hybridized carbons (Fsp3) is 0.481. The van der Waals surface area contributed by atoms with Gasteiger partial charge in [0.25, 0.3) is 0 Å². The van der Waals surface area contributed by atoms with Gasteiger partial charge in [-0.1, -0.05) is 49.6 Å². The topological polar surface area (TPSA) is 58.6 Å². The highest BCUT2D eigenvalue weighted by Crippen LogP contribution is 2.23. The molecule has 0 spiro atoms. The van der Waals surface area contributed by atoms with Crippen molar-refractivity contribution in [3.05, 3.63) is 59.7 Å². The molecular weight excluding hydrogens is 432 g/mol. The molecule has 1 aliphatic carbocycles. The minimum atomic E-state index is -0.468. The van der Waals surface area contributed by atoms with Crippen molar-refractivity contribution in [2.75, 3.05) is 12.9 Å². The first-order chi connectivity index (χ1) is 16.0. The Balaban J connectivity index is 1.69. The first kappa shape index (κ1) is 25.2. The number of carbonyl (C=O) groups excluding carboxylic acids is 2. The summed E-state index contributed by atoms with van der Waals surface area (Å²) in [6, 6.07) is 15.8. The molecular formula is C27H36N2O3S. The van der Waals surface area contributed by atoms with Gasteiger partial charge in [-0.25, -0.2) is 0 Å². The molecule has 1 atom stereocenters. The summed E-state index contributed by atoms with van der Waals surface area (Å²) < 4.78 is 5.26. The van der Waals surface area contributed by atoms with Crippen LogP contribution < -0.4 is 10.1 Å². The average Bonchev–Trinajstić information content (AvgIpc) is 3.33. The number of thioether (sulfide) groups is 1. The van der Waals surface area contributed by atoms with Crippen LogP contribution in [0.2, 0.25) is 0 Å². The van der Waals surface area contributed by atoms with Crippen molar-refractivity contribution in [2.24, 2.45) is 0 Å². The van der Waals surface area contributed by atoms with Crippen molar-refractivity contribution >= 4 is 23.6 Å². The van der Waals surface area contributed by atoms with Crippen molar-refractivity contribution in [3.63, 3.8) is 0 Å². The summed E-state index contributed by atoms with van der Waals surface area (Å²) >= 11 is 1.68. The van der Waals surface area contributed by atoms with Crippen molar-refractivity contribution in [3.8, 4) is 5.75 Å². The molecule has 0 bridgehead atoms. The number of nitrogens with zero attached hydrogens (tertiary/aromatic N) is 1. The second kappa shape index (κ2) is 12.7. The summed E-state index contributed by atoms with van der Waals surface area (Å²) in [7, 11) is 1.64. The van der Waals surface area contributed by atoms with E-state index in [1.165, 1.54) is 5.56 Å². The smallest absolute Gasteiger partial charge is 0.243 e. The van der Waals surface area contributed by atoms with E-state index in [1.54, 1.807) is 23.8 Å². The maximum atomic E-state index is 13.4. The molecule has 1 aliphatic rings. The van der Waals surface area contributed by atoms with Crippen LogP contribution in [0.1, 0.15) is 56.6 Å². The lowest BCUT2D eigenvalue weighted by molar-refractivity contribution is -0.141. The van der Waals surface area contributed by atoms with Crippen LogP contribution in [0.5, 0.6) is 5.75 Å². The molecule has 0 unspecified atom stereocenters. The van der Waals surface area contributed by atoms with Gasteiger partial charge in [0, 0.05) is 29.7 Å². The first-order valence-electron chi connectivity index (χ1n) is 11.9. The third-order valence-electron chi connectivity index (χ3n) is 6.21. The lowest BCUT2D eigenvalue weighted by Crippen LogP contribution is -2.51. The Morgan fingerprint density at radius 1 is 1.09 bits per heavy atom. The van der Waals surface area contributed by atoms with Crippen LogP contribution in [0.3, 0.4) is 0 Å². The summed E-state index contributed by atoms with van der Waals surface area (Å²) in [6.07, 6.45) is 5.36. The van der Waals surface area contributed by atoms with Crippen LogP contribution in [0.15, 0.2) is 53.4 Å². The minimum Gasteiger partial charge on any atom is -0.497 e. The molecule has 2 aromatic rings. The van der Waals surface area contributed by atoms with Gasteiger partial charge in [0.1, 0.15) is 11.8 Å². The number of rotatable bonds is 11. The molecule has 0 heterocycles. The van der Waals surface area contributed by atoms with E-state index in [4.69, 9.17) is 4.74 Å². The molecule has 1 N–H and O–H groups in total. The van der Waals surface area contributed by atoms with E-state index < -0.39 is 6.04 Å². The maximum absolute atomic E-state index is 13.4. The molecule has 178 valence electrons. The molecule has 5 nitrogen and oxygen atoms in total. The molecule has 3 rings (SSSR count). The lowest BCUT2D eigenvalue weighted by Gasteiger charge is -2.31. The fourth-order valence-corrected chi connectivity index (χ4v) is 5.09. The SMILES string of the molecule is CC[C@@H](C(=O)NC1CCCC1)N(Cc1ccc(OC)cc1)C(=O)CCSc1ccc(C)cc1.